The summed E-state index contributed by atoms with van der Waals surface area (Å²) < 4.78 is 17.3. The van der Waals surface area contributed by atoms with Gasteiger partial charge in [0.05, 0.1) is 11.2 Å². The molecule has 2 amide bonds. The molecule has 0 saturated carbocycles. The van der Waals surface area contributed by atoms with Crippen LogP contribution in [0.3, 0.4) is 0 Å². The molecule has 0 aromatic rings. The molecule has 24 heavy (non-hydrogen) atoms. The quantitative estimate of drug-likeness (QED) is 0.688. The fraction of sp³-hybridized carbons (Fsp3) is 0.765. The summed E-state index contributed by atoms with van der Waals surface area (Å²) in [7, 11) is -0.567. The Hall–Kier alpha value is -1.34. The molecule has 0 unspecified atom stereocenters. The zero-order chi connectivity index (χ0) is 18.5. The van der Waals surface area contributed by atoms with Crippen molar-refractivity contribution in [3.8, 4) is 0 Å². The SMILES string of the molecule is C[C@H]1CC(B2OC(C)(C)C(C)(C)O2)=CC(=O)N1C(=O)OC(C)(C)C. The van der Waals surface area contributed by atoms with Crippen LogP contribution >= 0.6 is 0 Å². The van der Waals surface area contributed by atoms with Gasteiger partial charge < -0.3 is 14.0 Å². The molecule has 0 aromatic heterocycles. The van der Waals surface area contributed by atoms with Crippen LogP contribution in [-0.4, -0.2) is 46.9 Å². The fourth-order valence-corrected chi connectivity index (χ4v) is 2.68. The highest BCUT2D eigenvalue weighted by Crippen LogP contribution is 2.40. The van der Waals surface area contributed by atoms with E-state index < -0.39 is 35.9 Å². The van der Waals surface area contributed by atoms with Gasteiger partial charge in [-0.1, -0.05) is 0 Å². The molecule has 0 aliphatic carbocycles. The molecule has 2 rings (SSSR count). The van der Waals surface area contributed by atoms with E-state index in [1.165, 1.54) is 6.08 Å². The molecule has 2 heterocycles. The molecule has 1 atom stereocenters. The topological polar surface area (TPSA) is 65.1 Å². The van der Waals surface area contributed by atoms with Crippen molar-refractivity contribution < 1.29 is 23.6 Å². The Morgan fingerprint density at radius 2 is 1.75 bits per heavy atom. The lowest BCUT2D eigenvalue weighted by Gasteiger charge is -2.33. The summed E-state index contributed by atoms with van der Waals surface area (Å²) in [5, 5.41) is 0. The number of ether oxygens (including phenoxy) is 1. The van der Waals surface area contributed by atoms with E-state index in [9.17, 15) is 9.59 Å². The number of hydrogen-bond donors (Lipinski definition) is 0. The first-order valence-electron chi connectivity index (χ1n) is 8.36. The molecule has 1 fully saturated rings. The van der Waals surface area contributed by atoms with Crippen molar-refractivity contribution in [3.63, 3.8) is 0 Å². The maximum absolute atomic E-state index is 12.5. The molecule has 1 saturated heterocycles. The van der Waals surface area contributed by atoms with Crippen molar-refractivity contribution in [1.29, 1.82) is 0 Å². The molecule has 0 spiro atoms. The first-order valence-corrected chi connectivity index (χ1v) is 8.36. The second-order valence-electron chi connectivity index (χ2n) is 8.55. The van der Waals surface area contributed by atoms with Crippen molar-refractivity contribution in [2.45, 2.75) is 84.7 Å². The molecule has 0 bridgehead atoms. The summed E-state index contributed by atoms with van der Waals surface area (Å²) in [6.07, 6.45) is 1.32. The van der Waals surface area contributed by atoms with Crippen molar-refractivity contribution in [2.24, 2.45) is 0 Å². The summed E-state index contributed by atoms with van der Waals surface area (Å²) in [4.78, 5) is 25.9. The van der Waals surface area contributed by atoms with E-state index in [2.05, 4.69) is 0 Å². The van der Waals surface area contributed by atoms with Crippen LogP contribution in [0.25, 0.3) is 0 Å². The second kappa shape index (κ2) is 5.88. The van der Waals surface area contributed by atoms with Crippen molar-refractivity contribution in [3.05, 3.63) is 11.5 Å². The maximum atomic E-state index is 12.5. The molecule has 0 N–H and O–H groups in total. The van der Waals surface area contributed by atoms with E-state index in [-0.39, 0.29) is 6.04 Å². The standard InChI is InChI=1S/C17H28BNO5/c1-11-9-12(18-23-16(5,6)17(7,8)24-18)10-13(20)19(11)14(21)22-15(2,3)4/h10-11H,9H2,1-8H3/t11-/m0/s1. The molecule has 0 radical (unpaired) electrons. The normalized spacial score (nSPS) is 26.4. The van der Waals surface area contributed by atoms with Gasteiger partial charge in [-0.15, -0.1) is 0 Å². The van der Waals surface area contributed by atoms with Crippen LogP contribution in [-0.2, 0) is 18.8 Å². The Bertz CT molecular complexity index is 560. The molecule has 2 aliphatic rings. The lowest BCUT2D eigenvalue weighted by molar-refractivity contribution is -0.127. The molecule has 6 nitrogen and oxygen atoms in total. The first kappa shape index (κ1) is 19.0. The van der Waals surface area contributed by atoms with E-state index in [0.717, 1.165) is 10.4 Å². The predicted molar refractivity (Wildman–Crippen MR) is 91.3 cm³/mol. The number of imide groups is 1. The largest absolute Gasteiger partial charge is 0.490 e. The Morgan fingerprint density at radius 3 is 2.17 bits per heavy atom. The number of amides is 2. The number of nitrogens with zero attached hydrogens (tertiary/aromatic N) is 1. The van der Waals surface area contributed by atoms with Crippen LogP contribution in [0.5, 0.6) is 0 Å². The Balaban J connectivity index is 2.17. The summed E-state index contributed by atoms with van der Waals surface area (Å²) in [5.41, 5.74) is -0.821. The molecular formula is C17H28BNO5. The monoisotopic (exact) mass is 337 g/mol. The maximum Gasteiger partial charge on any atom is 0.490 e. The summed E-state index contributed by atoms with van der Waals surface area (Å²) in [6, 6.07) is -0.314. The number of rotatable bonds is 1. The van der Waals surface area contributed by atoms with Gasteiger partial charge in [-0.3, -0.25) is 4.79 Å². The highest BCUT2D eigenvalue weighted by Gasteiger charge is 2.53. The summed E-state index contributed by atoms with van der Waals surface area (Å²) in [5.74, 6) is -0.396. The van der Waals surface area contributed by atoms with Crippen LogP contribution in [0.15, 0.2) is 11.5 Å². The van der Waals surface area contributed by atoms with Crippen LogP contribution in [0.1, 0.15) is 61.8 Å². The third-order valence-electron chi connectivity index (χ3n) is 4.66. The first-order chi connectivity index (χ1) is 10.7. The van der Waals surface area contributed by atoms with Gasteiger partial charge in [-0.05, 0) is 73.4 Å². The lowest BCUT2D eigenvalue weighted by Crippen LogP contribution is -2.48. The zero-order valence-corrected chi connectivity index (χ0v) is 15.9. The van der Waals surface area contributed by atoms with Crippen molar-refractivity contribution in [2.75, 3.05) is 0 Å². The van der Waals surface area contributed by atoms with E-state index in [1.54, 1.807) is 20.8 Å². The van der Waals surface area contributed by atoms with Gasteiger partial charge in [0.15, 0.2) is 0 Å². The Kier molecular flexibility index (Phi) is 4.65. The van der Waals surface area contributed by atoms with Crippen LogP contribution in [0.4, 0.5) is 4.79 Å². The minimum absolute atomic E-state index is 0.314. The third-order valence-corrected chi connectivity index (χ3v) is 4.66. The molecule has 2 aliphatic heterocycles. The lowest BCUT2D eigenvalue weighted by atomic mass is 9.73. The minimum atomic E-state index is -0.646. The number of hydrogen-bond acceptors (Lipinski definition) is 5. The molecular weight excluding hydrogens is 309 g/mol. The van der Waals surface area contributed by atoms with E-state index in [0.29, 0.717) is 6.42 Å². The van der Waals surface area contributed by atoms with Gasteiger partial charge in [-0.25, -0.2) is 9.69 Å². The Morgan fingerprint density at radius 1 is 1.25 bits per heavy atom. The molecule has 134 valence electrons. The average Bonchev–Trinajstić information content (AvgIpc) is 2.55. The van der Waals surface area contributed by atoms with E-state index in [4.69, 9.17) is 14.0 Å². The third kappa shape index (κ3) is 3.67. The smallest absolute Gasteiger partial charge is 0.443 e. The van der Waals surface area contributed by atoms with E-state index in [1.807, 2.05) is 34.6 Å². The molecule has 0 aromatic carbocycles. The number of carbonyl (C=O) groups is 2. The van der Waals surface area contributed by atoms with Crippen LogP contribution < -0.4 is 0 Å². The van der Waals surface area contributed by atoms with Gasteiger partial charge in [-0.2, -0.15) is 0 Å². The Labute approximate surface area is 144 Å². The predicted octanol–water partition coefficient (Wildman–Crippen LogP) is 3.10. The zero-order valence-electron chi connectivity index (χ0n) is 15.9. The van der Waals surface area contributed by atoms with E-state index >= 15 is 0 Å². The highest BCUT2D eigenvalue weighted by atomic mass is 16.7. The average molecular weight is 337 g/mol. The fourth-order valence-electron chi connectivity index (χ4n) is 2.68. The number of carbonyl (C=O) groups excluding carboxylic acids is 2. The van der Waals surface area contributed by atoms with Gasteiger partial charge in [0.25, 0.3) is 5.91 Å². The molecule has 7 heteroatoms. The second-order valence-corrected chi connectivity index (χ2v) is 8.55. The van der Waals surface area contributed by atoms with Crippen molar-refractivity contribution >= 4 is 19.1 Å². The summed E-state index contributed by atoms with van der Waals surface area (Å²) in [6.45, 7) is 15.0. The van der Waals surface area contributed by atoms with Crippen LogP contribution in [0.2, 0.25) is 0 Å². The highest BCUT2D eigenvalue weighted by molar-refractivity contribution is 6.55. The van der Waals surface area contributed by atoms with Gasteiger partial charge in [0.2, 0.25) is 0 Å². The van der Waals surface area contributed by atoms with Gasteiger partial charge >= 0.3 is 13.2 Å². The van der Waals surface area contributed by atoms with Crippen molar-refractivity contribution in [1.82, 2.24) is 4.90 Å². The van der Waals surface area contributed by atoms with Gasteiger partial charge in [0.1, 0.15) is 5.60 Å². The summed E-state index contributed by atoms with van der Waals surface area (Å²) >= 11 is 0. The van der Waals surface area contributed by atoms with Crippen LogP contribution in [0, 0.1) is 0 Å². The van der Waals surface area contributed by atoms with Gasteiger partial charge in [0, 0.05) is 6.04 Å². The minimum Gasteiger partial charge on any atom is -0.443 e.